The molecule has 0 spiro atoms. The van der Waals surface area contributed by atoms with Crippen LogP contribution in [0.3, 0.4) is 0 Å². The average Bonchev–Trinajstić information content (AvgIpc) is 2.97. The van der Waals surface area contributed by atoms with Crippen LogP contribution in [0.5, 0.6) is 0 Å². The van der Waals surface area contributed by atoms with E-state index < -0.39 is 0 Å². The molecular weight excluding hydrogens is 302 g/mol. The van der Waals surface area contributed by atoms with Gasteiger partial charge in [0.1, 0.15) is 0 Å². The first-order chi connectivity index (χ1) is 11.4. The van der Waals surface area contributed by atoms with Crippen LogP contribution in [-0.4, -0.2) is 47.8 Å². The second-order valence-corrected chi connectivity index (χ2v) is 7.04. The van der Waals surface area contributed by atoms with Gasteiger partial charge < -0.3 is 15.5 Å². The van der Waals surface area contributed by atoms with Gasteiger partial charge in [-0.05, 0) is 36.5 Å². The highest BCUT2D eigenvalue weighted by Gasteiger charge is 2.20. The first-order valence-electron chi connectivity index (χ1n) is 8.76. The Morgan fingerprint density at radius 3 is 2.50 bits per heavy atom. The molecular formula is C19H29N3O2. The number of amides is 2. The summed E-state index contributed by atoms with van der Waals surface area (Å²) in [5.74, 6) is 0.646. The van der Waals surface area contributed by atoms with Crippen molar-refractivity contribution >= 4 is 11.8 Å². The van der Waals surface area contributed by atoms with Crippen LogP contribution in [0.4, 0.5) is 0 Å². The maximum atomic E-state index is 12.5. The van der Waals surface area contributed by atoms with E-state index in [1.165, 1.54) is 0 Å². The van der Waals surface area contributed by atoms with Gasteiger partial charge in [-0.3, -0.25) is 9.59 Å². The van der Waals surface area contributed by atoms with Gasteiger partial charge in [-0.15, -0.1) is 0 Å². The predicted octanol–water partition coefficient (Wildman–Crippen LogP) is 2.25. The Labute approximate surface area is 144 Å². The first kappa shape index (κ1) is 18.5. The predicted molar refractivity (Wildman–Crippen MR) is 95.5 cm³/mol. The summed E-state index contributed by atoms with van der Waals surface area (Å²) < 4.78 is 0. The summed E-state index contributed by atoms with van der Waals surface area (Å²) in [5, 5.41) is 0. The molecule has 0 saturated carbocycles. The number of hydrogen-bond donors (Lipinski definition) is 1. The van der Waals surface area contributed by atoms with Crippen molar-refractivity contribution in [3.8, 4) is 0 Å². The normalized spacial score (nSPS) is 15.9. The molecule has 132 valence electrons. The Kier molecular flexibility index (Phi) is 6.37. The molecule has 1 saturated heterocycles. The van der Waals surface area contributed by atoms with Crippen molar-refractivity contribution in [2.24, 2.45) is 11.7 Å². The summed E-state index contributed by atoms with van der Waals surface area (Å²) in [7, 11) is 1.81. The van der Waals surface area contributed by atoms with Gasteiger partial charge in [-0.25, -0.2) is 0 Å². The first-order valence-corrected chi connectivity index (χ1v) is 8.76. The molecule has 2 rings (SSSR count). The lowest BCUT2D eigenvalue weighted by atomic mass is 10.0. The van der Waals surface area contributed by atoms with Crippen molar-refractivity contribution in [2.75, 3.05) is 20.1 Å². The summed E-state index contributed by atoms with van der Waals surface area (Å²) in [6, 6.07) is 7.67. The molecule has 0 aliphatic carbocycles. The highest BCUT2D eigenvalue weighted by Crippen LogP contribution is 2.15. The van der Waals surface area contributed by atoms with E-state index in [4.69, 9.17) is 5.73 Å². The molecule has 0 aromatic heterocycles. The van der Waals surface area contributed by atoms with E-state index in [2.05, 4.69) is 13.8 Å². The minimum atomic E-state index is 0.00903. The molecule has 5 heteroatoms. The fraction of sp³-hybridized carbons (Fsp3) is 0.579. The zero-order valence-corrected chi connectivity index (χ0v) is 15.0. The number of hydrogen-bond acceptors (Lipinski definition) is 3. The van der Waals surface area contributed by atoms with Gasteiger partial charge in [0.05, 0.1) is 0 Å². The number of benzene rings is 1. The minimum Gasteiger partial charge on any atom is -0.342 e. The molecule has 1 aliphatic rings. The van der Waals surface area contributed by atoms with Crippen LogP contribution in [0.1, 0.15) is 49.0 Å². The number of rotatable bonds is 7. The van der Waals surface area contributed by atoms with Gasteiger partial charge in [0.25, 0.3) is 5.91 Å². The third kappa shape index (κ3) is 4.81. The SMILES string of the molecule is CC(C)C(N)CCN(C)C(=O)c1ccc(CN2CCCC2=O)cc1. The molecule has 2 N–H and O–H groups in total. The van der Waals surface area contributed by atoms with E-state index in [-0.39, 0.29) is 17.9 Å². The quantitative estimate of drug-likeness (QED) is 0.833. The standard InChI is InChI=1S/C19H29N3O2/c1-14(2)17(20)10-12-21(3)19(24)16-8-6-15(7-9-16)13-22-11-4-5-18(22)23/h6-9,14,17H,4-5,10-13,20H2,1-3H3. The molecule has 2 amide bonds. The van der Waals surface area contributed by atoms with Crippen molar-refractivity contribution in [2.45, 2.75) is 45.7 Å². The summed E-state index contributed by atoms with van der Waals surface area (Å²) >= 11 is 0. The largest absolute Gasteiger partial charge is 0.342 e. The molecule has 24 heavy (non-hydrogen) atoms. The zero-order chi connectivity index (χ0) is 17.7. The van der Waals surface area contributed by atoms with E-state index in [0.29, 0.717) is 31.0 Å². The molecule has 1 atom stereocenters. The Bertz CT molecular complexity index is 568. The summed E-state index contributed by atoms with van der Waals surface area (Å²) in [6.45, 7) is 6.31. The van der Waals surface area contributed by atoms with Crippen LogP contribution >= 0.6 is 0 Å². The molecule has 0 bridgehead atoms. The van der Waals surface area contributed by atoms with Crippen molar-refractivity contribution in [1.29, 1.82) is 0 Å². The van der Waals surface area contributed by atoms with Crippen molar-refractivity contribution in [3.05, 3.63) is 35.4 Å². The fourth-order valence-corrected chi connectivity index (χ4v) is 2.84. The molecule has 5 nitrogen and oxygen atoms in total. The van der Waals surface area contributed by atoms with E-state index in [1.54, 1.807) is 4.90 Å². The lowest BCUT2D eigenvalue weighted by Gasteiger charge is -2.22. The summed E-state index contributed by atoms with van der Waals surface area (Å²) in [6.07, 6.45) is 2.40. The maximum absolute atomic E-state index is 12.5. The fourth-order valence-electron chi connectivity index (χ4n) is 2.84. The Hall–Kier alpha value is -1.88. The van der Waals surface area contributed by atoms with Crippen LogP contribution in [0.15, 0.2) is 24.3 Å². The lowest BCUT2D eigenvalue weighted by molar-refractivity contribution is -0.128. The summed E-state index contributed by atoms with van der Waals surface area (Å²) in [4.78, 5) is 27.7. The molecule has 1 aliphatic heterocycles. The van der Waals surface area contributed by atoms with Crippen LogP contribution < -0.4 is 5.73 Å². The smallest absolute Gasteiger partial charge is 0.253 e. The van der Waals surface area contributed by atoms with E-state index in [9.17, 15) is 9.59 Å². The Morgan fingerprint density at radius 1 is 1.29 bits per heavy atom. The van der Waals surface area contributed by atoms with Crippen molar-refractivity contribution in [3.63, 3.8) is 0 Å². The van der Waals surface area contributed by atoms with Crippen molar-refractivity contribution in [1.82, 2.24) is 9.80 Å². The van der Waals surface area contributed by atoms with Crippen LogP contribution in [0, 0.1) is 5.92 Å². The zero-order valence-electron chi connectivity index (χ0n) is 15.0. The van der Waals surface area contributed by atoms with Gasteiger partial charge in [-0.2, -0.15) is 0 Å². The van der Waals surface area contributed by atoms with E-state index >= 15 is 0 Å². The lowest BCUT2D eigenvalue weighted by Crippen LogP contribution is -2.34. The maximum Gasteiger partial charge on any atom is 0.253 e. The van der Waals surface area contributed by atoms with E-state index in [1.807, 2.05) is 36.2 Å². The van der Waals surface area contributed by atoms with E-state index in [0.717, 1.165) is 24.9 Å². The van der Waals surface area contributed by atoms with Gasteiger partial charge >= 0.3 is 0 Å². The van der Waals surface area contributed by atoms with Crippen LogP contribution in [0.25, 0.3) is 0 Å². The summed E-state index contributed by atoms with van der Waals surface area (Å²) in [5.41, 5.74) is 7.78. The highest BCUT2D eigenvalue weighted by atomic mass is 16.2. The molecule has 1 heterocycles. The van der Waals surface area contributed by atoms with Crippen molar-refractivity contribution < 1.29 is 9.59 Å². The minimum absolute atomic E-state index is 0.00903. The number of carbonyl (C=O) groups is 2. The molecule has 0 radical (unpaired) electrons. The average molecular weight is 331 g/mol. The van der Waals surface area contributed by atoms with Gasteiger partial charge in [0.2, 0.25) is 5.91 Å². The molecule has 1 aromatic rings. The Balaban J connectivity index is 1.89. The number of nitrogens with zero attached hydrogens (tertiary/aromatic N) is 2. The molecule has 1 aromatic carbocycles. The number of carbonyl (C=O) groups excluding carboxylic acids is 2. The monoisotopic (exact) mass is 331 g/mol. The highest BCUT2D eigenvalue weighted by molar-refractivity contribution is 5.94. The number of nitrogens with two attached hydrogens (primary N) is 1. The Morgan fingerprint density at radius 2 is 1.96 bits per heavy atom. The van der Waals surface area contributed by atoms with Crippen LogP contribution in [-0.2, 0) is 11.3 Å². The molecule has 1 fully saturated rings. The van der Waals surface area contributed by atoms with Gasteiger partial charge in [0, 0.05) is 44.7 Å². The van der Waals surface area contributed by atoms with Gasteiger partial charge in [0.15, 0.2) is 0 Å². The van der Waals surface area contributed by atoms with Gasteiger partial charge in [-0.1, -0.05) is 26.0 Å². The third-order valence-electron chi connectivity index (χ3n) is 4.75. The second-order valence-electron chi connectivity index (χ2n) is 7.04. The van der Waals surface area contributed by atoms with Crippen LogP contribution in [0.2, 0.25) is 0 Å². The number of likely N-dealkylation sites (tertiary alicyclic amines) is 1. The topological polar surface area (TPSA) is 66.6 Å². The second kappa shape index (κ2) is 8.29. The third-order valence-corrected chi connectivity index (χ3v) is 4.75. The molecule has 1 unspecified atom stereocenters.